The molecule has 1 N–H and O–H groups in total. The zero-order valence-electron chi connectivity index (χ0n) is 11.1. The second-order valence-corrected chi connectivity index (χ2v) is 5.48. The lowest BCUT2D eigenvalue weighted by Crippen LogP contribution is -2.20. The van der Waals surface area contributed by atoms with Gasteiger partial charge in [-0.05, 0) is 55.3 Å². The molecule has 2 aromatic rings. The highest BCUT2D eigenvalue weighted by molar-refractivity contribution is 6.33. The first kappa shape index (κ1) is 14.4. The third-order valence-corrected chi connectivity index (χ3v) is 3.95. The van der Waals surface area contributed by atoms with Gasteiger partial charge in [-0.2, -0.15) is 0 Å². The first-order chi connectivity index (χ1) is 9.11. The normalized spacial score (nSPS) is 12.4. The minimum absolute atomic E-state index is 0.233. The molecule has 1 atom stereocenters. The average molecular weight is 294 g/mol. The number of benzene rings is 2. The topological polar surface area (TPSA) is 12.0 Å². The van der Waals surface area contributed by atoms with Gasteiger partial charge in [0, 0.05) is 16.1 Å². The molecule has 3 heteroatoms. The summed E-state index contributed by atoms with van der Waals surface area (Å²) in [6, 6.07) is 14.2. The van der Waals surface area contributed by atoms with Gasteiger partial charge >= 0.3 is 0 Å². The van der Waals surface area contributed by atoms with Gasteiger partial charge in [0.05, 0.1) is 0 Å². The van der Waals surface area contributed by atoms with E-state index in [2.05, 4.69) is 36.5 Å². The molecule has 0 amide bonds. The Labute approximate surface area is 124 Å². The number of halogens is 2. The highest BCUT2D eigenvalue weighted by Gasteiger charge is 2.14. The molecular weight excluding hydrogens is 277 g/mol. The molecule has 0 heterocycles. The highest BCUT2D eigenvalue weighted by Crippen LogP contribution is 2.27. The number of hydrogen-bond donors (Lipinski definition) is 1. The van der Waals surface area contributed by atoms with Gasteiger partial charge in [-0.1, -0.05) is 47.5 Å². The maximum atomic E-state index is 6.24. The third-order valence-electron chi connectivity index (χ3n) is 3.34. The second kappa shape index (κ2) is 6.42. The van der Waals surface area contributed by atoms with E-state index in [0.29, 0.717) is 0 Å². The van der Waals surface area contributed by atoms with Crippen molar-refractivity contribution in [2.24, 2.45) is 0 Å². The molecule has 0 saturated carbocycles. The molecule has 1 nitrogen and oxygen atoms in total. The van der Waals surface area contributed by atoms with Crippen molar-refractivity contribution in [2.75, 3.05) is 7.05 Å². The van der Waals surface area contributed by atoms with E-state index in [1.54, 1.807) is 0 Å². The zero-order chi connectivity index (χ0) is 13.8. The van der Waals surface area contributed by atoms with Crippen LogP contribution < -0.4 is 5.32 Å². The van der Waals surface area contributed by atoms with Gasteiger partial charge in [-0.15, -0.1) is 0 Å². The molecule has 19 heavy (non-hydrogen) atoms. The predicted molar refractivity (Wildman–Crippen MR) is 83.1 cm³/mol. The van der Waals surface area contributed by atoms with Gasteiger partial charge in [0.1, 0.15) is 0 Å². The van der Waals surface area contributed by atoms with Gasteiger partial charge in [0.2, 0.25) is 0 Å². The van der Waals surface area contributed by atoms with Crippen molar-refractivity contribution >= 4 is 23.2 Å². The summed E-state index contributed by atoms with van der Waals surface area (Å²) >= 11 is 12.3. The summed E-state index contributed by atoms with van der Waals surface area (Å²) in [4.78, 5) is 0. The lowest BCUT2D eigenvalue weighted by atomic mass is 9.95. The van der Waals surface area contributed by atoms with Crippen molar-refractivity contribution < 1.29 is 0 Å². The molecule has 0 saturated heterocycles. The van der Waals surface area contributed by atoms with E-state index in [0.717, 1.165) is 22.0 Å². The summed E-state index contributed by atoms with van der Waals surface area (Å²) in [5.41, 5.74) is 3.64. The minimum Gasteiger partial charge on any atom is -0.313 e. The van der Waals surface area contributed by atoms with Crippen LogP contribution in [0.4, 0.5) is 0 Å². The molecular formula is C16H17Cl2N. The van der Waals surface area contributed by atoms with Crippen molar-refractivity contribution in [1.82, 2.24) is 5.32 Å². The largest absolute Gasteiger partial charge is 0.313 e. The molecule has 0 aromatic heterocycles. The Bertz CT molecular complexity index is 566. The summed E-state index contributed by atoms with van der Waals surface area (Å²) in [7, 11) is 1.97. The number of nitrogens with one attached hydrogen (secondary N) is 1. The molecule has 0 aliphatic heterocycles. The summed E-state index contributed by atoms with van der Waals surface area (Å²) in [5.74, 6) is 0. The molecule has 0 spiro atoms. The number of aryl methyl sites for hydroxylation is 1. The Morgan fingerprint density at radius 3 is 2.53 bits per heavy atom. The fourth-order valence-corrected chi connectivity index (χ4v) is 2.65. The lowest BCUT2D eigenvalue weighted by Gasteiger charge is -2.19. The van der Waals surface area contributed by atoms with E-state index >= 15 is 0 Å². The fourth-order valence-electron chi connectivity index (χ4n) is 2.26. The summed E-state index contributed by atoms with van der Waals surface area (Å²) in [6.45, 7) is 2.12. The van der Waals surface area contributed by atoms with Gasteiger partial charge in [-0.3, -0.25) is 0 Å². The lowest BCUT2D eigenvalue weighted by molar-refractivity contribution is 0.589. The first-order valence-electron chi connectivity index (χ1n) is 6.28. The smallest absolute Gasteiger partial charge is 0.0439 e. The highest BCUT2D eigenvalue weighted by atomic mass is 35.5. The van der Waals surface area contributed by atoms with Crippen LogP contribution in [0, 0.1) is 6.92 Å². The van der Waals surface area contributed by atoms with E-state index in [9.17, 15) is 0 Å². The molecule has 100 valence electrons. The van der Waals surface area contributed by atoms with Crippen molar-refractivity contribution in [3.8, 4) is 0 Å². The maximum Gasteiger partial charge on any atom is 0.0439 e. The molecule has 2 rings (SSSR count). The van der Waals surface area contributed by atoms with Crippen LogP contribution in [-0.2, 0) is 6.42 Å². The SMILES string of the molecule is CNC(Cc1cc(Cl)ccc1Cl)c1ccccc1C. The Hall–Kier alpha value is -1.02. The van der Waals surface area contributed by atoms with E-state index in [1.165, 1.54) is 11.1 Å². The maximum absolute atomic E-state index is 6.24. The number of hydrogen-bond acceptors (Lipinski definition) is 1. The molecule has 2 aromatic carbocycles. The van der Waals surface area contributed by atoms with Crippen molar-refractivity contribution in [3.05, 3.63) is 69.2 Å². The van der Waals surface area contributed by atoms with Crippen LogP contribution >= 0.6 is 23.2 Å². The average Bonchev–Trinajstić information content (AvgIpc) is 2.41. The Balaban J connectivity index is 2.29. The van der Waals surface area contributed by atoms with Gasteiger partial charge in [0.15, 0.2) is 0 Å². The summed E-state index contributed by atoms with van der Waals surface area (Å²) in [5, 5.41) is 4.84. The molecule has 0 radical (unpaired) electrons. The van der Waals surface area contributed by atoms with Crippen molar-refractivity contribution in [3.63, 3.8) is 0 Å². The quantitative estimate of drug-likeness (QED) is 0.853. The Morgan fingerprint density at radius 2 is 1.84 bits per heavy atom. The van der Waals surface area contributed by atoms with E-state index in [-0.39, 0.29) is 6.04 Å². The van der Waals surface area contributed by atoms with Crippen LogP contribution in [-0.4, -0.2) is 7.05 Å². The van der Waals surface area contributed by atoms with Gasteiger partial charge in [0.25, 0.3) is 0 Å². The van der Waals surface area contributed by atoms with Crippen LogP contribution in [0.3, 0.4) is 0 Å². The Morgan fingerprint density at radius 1 is 1.11 bits per heavy atom. The molecule has 0 aliphatic rings. The van der Waals surface area contributed by atoms with Gasteiger partial charge in [-0.25, -0.2) is 0 Å². The van der Waals surface area contributed by atoms with Gasteiger partial charge < -0.3 is 5.32 Å². The standard InChI is InChI=1S/C16H17Cl2N/c1-11-5-3-4-6-14(11)16(19-2)10-12-9-13(17)7-8-15(12)18/h3-9,16,19H,10H2,1-2H3. The first-order valence-corrected chi connectivity index (χ1v) is 7.04. The van der Waals surface area contributed by atoms with Crippen LogP contribution in [0.5, 0.6) is 0 Å². The monoisotopic (exact) mass is 293 g/mol. The number of rotatable bonds is 4. The number of likely N-dealkylation sites (N-methyl/N-ethyl adjacent to an activating group) is 1. The van der Waals surface area contributed by atoms with Crippen LogP contribution in [0.15, 0.2) is 42.5 Å². The molecule has 1 unspecified atom stereocenters. The van der Waals surface area contributed by atoms with E-state index in [1.807, 2.05) is 25.2 Å². The predicted octanol–water partition coefficient (Wildman–Crippen LogP) is 4.81. The van der Waals surface area contributed by atoms with Crippen LogP contribution in [0.2, 0.25) is 10.0 Å². The third kappa shape index (κ3) is 3.50. The second-order valence-electron chi connectivity index (χ2n) is 4.64. The van der Waals surface area contributed by atoms with Crippen molar-refractivity contribution in [1.29, 1.82) is 0 Å². The summed E-state index contributed by atoms with van der Waals surface area (Å²) < 4.78 is 0. The van der Waals surface area contributed by atoms with E-state index < -0.39 is 0 Å². The minimum atomic E-state index is 0.233. The summed E-state index contributed by atoms with van der Waals surface area (Å²) in [6.07, 6.45) is 0.820. The zero-order valence-corrected chi connectivity index (χ0v) is 12.6. The molecule has 0 aliphatic carbocycles. The molecule has 0 bridgehead atoms. The van der Waals surface area contributed by atoms with E-state index in [4.69, 9.17) is 23.2 Å². The van der Waals surface area contributed by atoms with Crippen LogP contribution in [0.25, 0.3) is 0 Å². The van der Waals surface area contributed by atoms with Crippen molar-refractivity contribution in [2.45, 2.75) is 19.4 Å². The fraction of sp³-hybridized carbons (Fsp3) is 0.250. The van der Waals surface area contributed by atoms with Crippen LogP contribution in [0.1, 0.15) is 22.7 Å². The molecule has 0 fully saturated rings. The Kier molecular flexibility index (Phi) is 4.87.